The molecule has 0 aliphatic rings. The molecule has 0 amide bonds. The molecule has 0 fully saturated rings. The van der Waals surface area contributed by atoms with Crippen molar-refractivity contribution in [3.05, 3.63) is 58.1 Å². The molecule has 3 heteroatoms. The van der Waals surface area contributed by atoms with Crippen molar-refractivity contribution < 1.29 is 4.74 Å². The highest BCUT2D eigenvalue weighted by molar-refractivity contribution is 9.10. The summed E-state index contributed by atoms with van der Waals surface area (Å²) in [5, 5.41) is 3.41. The van der Waals surface area contributed by atoms with E-state index in [1.807, 2.05) is 24.3 Å². The van der Waals surface area contributed by atoms with Gasteiger partial charge in [-0.2, -0.15) is 0 Å². The summed E-state index contributed by atoms with van der Waals surface area (Å²) in [5.74, 6) is 1.78. The third kappa shape index (κ3) is 4.58. The Morgan fingerprint density at radius 3 is 2.52 bits per heavy atom. The fraction of sp³-hybridized carbons (Fsp3) is 0.333. The first-order chi connectivity index (χ1) is 10.1. The predicted octanol–water partition coefficient (Wildman–Crippen LogP) is 5.30. The summed E-state index contributed by atoms with van der Waals surface area (Å²) >= 11 is 3.61. The number of benzene rings is 2. The maximum Gasteiger partial charge on any atom is 0.141 e. The first-order valence-electron chi connectivity index (χ1n) is 7.37. The van der Waals surface area contributed by atoms with Crippen LogP contribution in [0.5, 0.6) is 11.5 Å². The van der Waals surface area contributed by atoms with Gasteiger partial charge in [0.25, 0.3) is 0 Å². The molecule has 21 heavy (non-hydrogen) atoms. The summed E-state index contributed by atoms with van der Waals surface area (Å²) in [7, 11) is 0. The number of rotatable bonds is 6. The van der Waals surface area contributed by atoms with Crippen LogP contribution in [0.25, 0.3) is 0 Å². The van der Waals surface area contributed by atoms with Gasteiger partial charge in [0.05, 0.1) is 4.47 Å². The molecule has 2 rings (SSSR count). The highest BCUT2D eigenvalue weighted by atomic mass is 79.9. The van der Waals surface area contributed by atoms with Crippen LogP contribution < -0.4 is 10.1 Å². The van der Waals surface area contributed by atoms with E-state index in [-0.39, 0.29) is 0 Å². The van der Waals surface area contributed by atoms with Crippen LogP contribution in [0.3, 0.4) is 0 Å². The molecule has 0 aromatic heterocycles. The molecule has 0 bridgehead atoms. The van der Waals surface area contributed by atoms with Crippen LogP contribution in [0.1, 0.15) is 31.9 Å². The zero-order chi connectivity index (χ0) is 15.2. The standard InChI is InChI=1S/C18H22BrNO/c1-4-15-7-5-6-8-17(15)21-18-10-9-14(11-16(18)19)12-20-13(2)3/h5-11,13,20H,4,12H2,1-3H3. The Bertz CT molecular complexity index is 596. The van der Waals surface area contributed by atoms with Crippen LogP contribution in [0, 0.1) is 0 Å². The molecule has 0 aliphatic carbocycles. The van der Waals surface area contributed by atoms with Gasteiger partial charge < -0.3 is 10.1 Å². The average molecular weight is 348 g/mol. The second-order valence-electron chi connectivity index (χ2n) is 5.36. The second kappa shape index (κ2) is 7.62. The minimum atomic E-state index is 0.483. The average Bonchev–Trinajstić information content (AvgIpc) is 2.48. The van der Waals surface area contributed by atoms with Gasteiger partial charge in [-0.05, 0) is 51.7 Å². The van der Waals surface area contributed by atoms with E-state index in [0.717, 1.165) is 28.9 Å². The van der Waals surface area contributed by atoms with Crippen molar-refractivity contribution in [2.24, 2.45) is 0 Å². The van der Waals surface area contributed by atoms with Gasteiger partial charge in [0, 0.05) is 12.6 Å². The van der Waals surface area contributed by atoms with Gasteiger partial charge in [-0.1, -0.05) is 45.0 Å². The van der Waals surface area contributed by atoms with Gasteiger partial charge in [-0.25, -0.2) is 0 Å². The van der Waals surface area contributed by atoms with E-state index in [0.29, 0.717) is 6.04 Å². The van der Waals surface area contributed by atoms with Crippen LogP contribution in [0.4, 0.5) is 0 Å². The predicted molar refractivity (Wildman–Crippen MR) is 92.0 cm³/mol. The molecule has 112 valence electrons. The van der Waals surface area contributed by atoms with Crippen LogP contribution >= 0.6 is 15.9 Å². The zero-order valence-corrected chi connectivity index (χ0v) is 14.4. The number of halogens is 1. The molecule has 0 aliphatic heterocycles. The summed E-state index contributed by atoms with van der Waals surface area (Å²) < 4.78 is 7.03. The number of aryl methyl sites for hydroxylation is 1. The Balaban J connectivity index is 2.14. The van der Waals surface area contributed by atoms with Crippen molar-refractivity contribution in [1.29, 1.82) is 0 Å². The number of hydrogen-bond acceptors (Lipinski definition) is 2. The first-order valence-corrected chi connectivity index (χ1v) is 8.17. The van der Waals surface area contributed by atoms with Crippen molar-refractivity contribution in [1.82, 2.24) is 5.32 Å². The molecule has 1 N–H and O–H groups in total. The molecular weight excluding hydrogens is 326 g/mol. The minimum Gasteiger partial charge on any atom is -0.456 e. The Hall–Kier alpha value is -1.32. The van der Waals surface area contributed by atoms with Crippen LogP contribution in [-0.2, 0) is 13.0 Å². The smallest absolute Gasteiger partial charge is 0.141 e. The van der Waals surface area contributed by atoms with E-state index in [1.165, 1.54) is 11.1 Å². The highest BCUT2D eigenvalue weighted by Crippen LogP contribution is 2.32. The van der Waals surface area contributed by atoms with Gasteiger partial charge in [0.2, 0.25) is 0 Å². The van der Waals surface area contributed by atoms with Gasteiger partial charge in [0.1, 0.15) is 11.5 Å². The van der Waals surface area contributed by atoms with E-state index in [1.54, 1.807) is 0 Å². The monoisotopic (exact) mass is 347 g/mol. The first kappa shape index (κ1) is 16.1. The number of para-hydroxylation sites is 1. The maximum atomic E-state index is 6.04. The maximum absolute atomic E-state index is 6.04. The summed E-state index contributed by atoms with van der Waals surface area (Å²) in [6.45, 7) is 7.29. The topological polar surface area (TPSA) is 21.3 Å². The molecule has 0 saturated heterocycles. The van der Waals surface area contributed by atoms with Gasteiger partial charge >= 0.3 is 0 Å². The van der Waals surface area contributed by atoms with Crippen molar-refractivity contribution in [3.8, 4) is 11.5 Å². The zero-order valence-electron chi connectivity index (χ0n) is 12.8. The van der Waals surface area contributed by atoms with Crippen LogP contribution in [-0.4, -0.2) is 6.04 Å². The molecule has 2 aromatic carbocycles. The third-order valence-corrected chi connectivity index (χ3v) is 3.90. The lowest BCUT2D eigenvalue weighted by atomic mass is 10.1. The molecule has 0 spiro atoms. The minimum absolute atomic E-state index is 0.483. The fourth-order valence-electron chi connectivity index (χ4n) is 2.07. The molecule has 0 atom stereocenters. The Morgan fingerprint density at radius 2 is 1.86 bits per heavy atom. The lowest BCUT2D eigenvalue weighted by Crippen LogP contribution is -2.21. The lowest BCUT2D eigenvalue weighted by molar-refractivity contribution is 0.473. The van der Waals surface area contributed by atoms with E-state index in [2.05, 4.69) is 60.2 Å². The summed E-state index contributed by atoms with van der Waals surface area (Å²) in [6, 6.07) is 14.9. The van der Waals surface area contributed by atoms with Crippen LogP contribution in [0.2, 0.25) is 0 Å². The third-order valence-electron chi connectivity index (χ3n) is 3.28. The normalized spacial score (nSPS) is 10.9. The van der Waals surface area contributed by atoms with Crippen LogP contribution in [0.15, 0.2) is 46.9 Å². The van der Waals surface area contributed by atoms with Crippen molar-refractivity contribution in [2.75, 3.05) is 0 Å². The van der Waals surface area contributed by atoms with E-state index < -0.39 is 0 Å². The molecule has 0 heterocycles. The van der Waals surface area contributed by atoms with E-state index in [9.17, 15) is 0 Å². The van der Waals surface area contributed by atoms with Gasteiger partial charge in [-0.15, -0.1) is 0 Å². The van der Waals surface area contributed by atoms with E-state index in [4.69, 9.17) is 4.74 Å². The van der Waals surface area contributed by atoms with Crippen molar-refractivity contribution in [2.45, 2.75) is 39.8 Å². The Morgan fingerprint density at radius 1 is 1.10 bits per heavy atom. The quantitative estimate of drug-likeness (QED) is 0.765. The Labute approximate surface area is 135 Å². The molecule has 0 unspecified atom stereocenters. The molecule has 0 saturated carbocycles. The fourth-order valence-corrected chi connectivity index (χ4v) is 2.58. The molecule has 2 nitrogen and oxygen atoms in total. The summed E-state index contributed by atoms with van der Waals surface area (Å²) in [5.41, 5.74) is 2.46. The summed E-state index contributed by atoms with van der Waals surface area (Å²) in [6.07, 6.45) is 0.962. The number of hydrogen-bond donors (Lipinski definition) is 1. The van der Waals surface area contributed by atoms with Gasteiger partial charge in [0.15, 0.2) is 0 Å². The molecular formula is C18H22BrNO. The Kier molecular flexibility index (Phi) is 5.83. The number of nitrogens with one attached hydrogen (secondary N) is 1. The van der Waals surface area contributed by atoms with Crippen molar-refractivity contribution >= 4 is 15.9 Å². The van der Waals surface area contributed by atoms with E-state index >= 15 is 0 Å². The molecule has 0 radical (unpaired) electrons. The molecule has 2 aromatic rings. The van der Waals surface area contributed by atoms with Gasteiger partial charge in [-0.3, -0.25) is 0 Å². The SMILES string of the molecule is CCc1ccccc1Oc1ccc(CNC(C)C)cc1Br. The highest BCUT2D eigenvalue weighted by Gasteiger charge is 2.07. The second-order valence-corrected chi connectivity index (χ2v) is 6.22. The van der Waals surface area contributed by atoms with Crippen molar-refractivity contribution in [3.63, 3.8) is 0 Å². The number of ether oxygens (including phenoxy) is 1. The lowest BCUT2D eigenvalue weighted by Gasteiger charge is -2.13. The largest absolute Gasteiger partial charge is 0.456 e. The summed E-state index contributed by atoms with van der Waals surface area (Å²) in [4.78, 5) is 0.